The predicted octanol–water partition coefficient (Wildman–Crippen LogP) is 2.44. The number of nitrogens with two attached hydrogens (primary N) is 1. The van der Waals surface area contributed by atoms with E-state index in [2.05, 4.69) is 22.8 Å². The fourth-order valence-electron chi connectivity index (χ4n) is 3.39. The van der Waals surface area contributed by atoms with Crippen molar-refractivity contribution in [1.29, 1.82) is 0 Å². The Morgan fingerprint density at radius 2 is 1.70 bits per heavy atom. The molecule has 30 heavy (non-hydrogen) atoms. The number of aryl methyl sites for hydroxylation is 3. The van der Waals surface area contributed by atoms with E-state index in [1.54, 1.807) is 14.0 Å². The third-order valence-corrected chi connectivity index (χ3v) is 5.20. The number of methoxy groups -OCH3 is 1. The van der Waals surface area contributed by atoms with Gasteiger partial charge in [0.2, 0.25) is 11.8 Å². The normalized spacial score (nSPS) is 12.7. The molecular formula is C24H33N3O3. The molecule has 2 amide bonds. The Labute approximate surface area is 179 Å². The van der Waals surface area contributed by atoms with Crippen LogP contribution in [0.3, 0.4) is 0 Å². The monoisotopic (exact) mass is 411 g/mol. The molecule has 2 aromatic rings. The van der Waals surface area contributed by atoms with Crippen LogP contribution in [-0.2, 0) is 22.4 Å². The van der Waals surface area contributed by atoms with Gasteiger partial charge in [-0.3, -0.25) is 9.59 Å². The van der Waals surface area contributed by atoms with Gasteiger partial charge in [0.05, 0.1) is 13.2 Å². The van der Waals surface area contributed by atoms with Gasteiger partial charge in [-0.25, -0.2) is 0 Å². The van der Waals surface area contributed by atoms with E-state index in [1.807, 2.05) is 44.2 Å². The maximum Gasteiger partial charge on any atom is 0.242 e. The summed E-state index contributed by atoms with van der Waals surface area (Å²) in [6, 6.07) is 12.6. The van der Waals surface area contributed by atoms with E-state index in [9.17, 15) is 9.59 Å². The number of carbonyl (C=O) groups excluding carboxylic acids is 2. The van der Waals surface area contributed by atoms with Crippen LogP contribution in [0.1, 0.15) is 35.6 Å². The first-order valence-electron chi connectivity index (χ1n) is 10.3. The van der Waals surface area contributed by atoms with E-state index in [4.69, 9.17) is 10.5 Å². The quantitative estimate of drug-likeness (QED) is 0.524. The van der Waals surface area contributed by atoms with Crippen LogP contribution in [0.5, 0.6) is 5.75 Å². The highest BCUT2D eigenvalue weighted by molar-refractivity contribution is 5.89. The Bertz CT molecular complexity index is 829. The summed E-state index contributed by atoms with van der Waals surface area (Å²) in [4.78, 5) is 24.8. The molecule has 162 valence electrons. The smallest absolute Gasteiger partial charge is 0.242 e. The number of hydrogen-bond donors (Lipinski definition) is 3. The van der Waals surface area contributed by atoms with Gasteiger partial charge in [-0.15, -0.1) is 0 Å². The number of ether oxygens (including phenoxy) is 1. The second-order valence-corrected chi connectivity index (χ2v) is 7.66. The maximum absolute atomic E-state index is 12.5. The van der Waals surface area contributed by atoms with E-state index >= 15 is 0 Å². The van der Waals surface area contributed by atoms with Gasteiger partial charge in [-0.2, -0.15) is 0 Å². The molecule has 2 rings (SSSR count). The SMILES string of the molecule is COc1cc(C)c(CC(N)C(=O)N[C@H](C)C(=O)NCCCc2ccccc2)c(C)c1. The Hall–Kier alpha value is -2.86. The second-order valence-electron chi connectivity index (χ2n) is 7.66. The molecule has 2 atom stereocenters. The van der Waals surface area contributed by atoms with E-state index < -0.39 is 12.1 Å². The lowest BCUT2D eigenvalue weighted by Gasteiger charge is -2.19. The van der Waals surface area contributed by atoms with E-state index in [-0.39, 0.29) is 11.8 Å². The second kappa shape index (κ2) is 11.4. The molecule has 0 fully saturated rings. The molecule has 0 saturated carbocycles. The number of rotatable bonds is 10. The molecule has 6 heteroatoms. The summed E-state index contributed by atoms with van der Waals surface area (Å²) in [6.45, 7) is 6.17. The van der Waals surface area contributed by atoms with Crippen molar-refractivity contribution in [2.24, 2.45) is 5.73 Å². The van der Waals surface area contributed by atoms with Gasteiger partial charge in [0.25, 0.3) is 0 Å². The van der Waals surface area contributed by atoms with E-state index in [1.165, 1.54) is 5.56 Å². The molecule has 0 heterocycles. The van der Waals surface area contributed by atoms with Crippen LogP contribution < -0.4 is 21.1 Å². The summed E-state index contributed by atoms with van der Waals surface area (Å²) in [7, 11) is 1.63. The Kier molecular flexibility index (Phi) is 8.87. The van der Waals surface area contributed by atoms with Crippen molar-refractivity contribution in [2.45, 2.75) is 52.1 Å². The lowest BCUT2D eigenvalue weighted by Crippen LogP contribution is -2.51. The predicted molar refractivity (Wildman–Crippen MR) is 120 cm³/mol. The van der Waals surface area contributed by atoms with Crippen LogP contribution >= 0.6 is 0 Å². The molecular weight excluding hydrogens is 378 g/mol. The van der Waals surface area contributed by atoms with Crippen LogP contribution in [0.2, 0.25) is 0 Å². The fourth-order valence-corrected chi connectivity index (χ4v) is 3.39. The van der Waals surface area contributed by atoms with Crippen LogP contribution in [0.25, 0.3) is 0 Å². The van der Waals surface area contributed by atoms with Crippen LogP contribution in [-0.4, -0.2) is 37.6 Å². The van der Waals surface area contributed by atoms with Gasteiger partial charge in [-0.05, 0) is 74.4 Å². The van der Waals surface area contributed by atoms with Crippen molar-refractivity contribution in [2.75, 3.05) is 13.7 Å². The van der Waals surface area contributed by atoms with Crippen LogP contribution in [0.4, 0.5) is 0 Å². The van der Waals surface area contributed by atoms with Gasteiger partial charge in [-0.1, -0.05) is 30.3 Å². The Morgan fingerprint density at radius 1 is 1.07 bits per heavy atom. The molecule has 0 aliphatic heterocycles. The first-order valence-corrected chi connectivity index (χ1v) is 10.3. The van der Waals surface area contributed by atoms with E-state index in [0.717, 1.165) is 35.3 Å². The summed E-state index contributed by atoms with van der Waals surface area (Å²) in [5, 5.41) is 5.59. The average Bonchev–Trinajstić information content (AvgIpc) is 2.73. The van der Waals surface area contributed by atoms with Gasteiger partial charge in [0.15, 0.2) is 0 Å². The zero-order chi connectivity index (χ0) is 22.1. The summed E-state index contributed by atoms with van der Waals surface area (Å²) < 4.78 is 5.27. The molecule has 0 saturated heterocycles. The highest BCUT2D eigenvalue weighted by atomic mass is 16.5. The molecule has 6 nitrogen and oxygen atoms in total. The summed E-state index contributed by atoms with van der Waals surface area (Å²) in [6.07, 6.45) is 2.14. The molecule has 0 radical (unpaired) electrons. The average molecular weight is 412 g/mol. The van der Waals surface area contributed by atoms with Crippen molar-refractivity contribution in [3.8, 4) is 5.75 Å². The molecule has 0 aliphatic carbocycles. The Balaban J connectivity index is 1.79. The van der Waals surface area contributed by atoms with Crippen molar-refractivity contribution < 1.29 is 14.3 Å². The maximum atomic E-state index is 12.5. The largest absolute Gasteiger partial charge is 0.497 e. The third kappa shape index (κ3) is 6.88. The molecule has 2 aromatic carbocycles. The number of carbonyl (C=O) groups is 2. The van der Waals surface area contributed by atoms with Gasteiger partial charge in [0.1, 0.15) is 11.8 Å². The van der Waals surface area contributed by atoms with Crippen LogP contribution in [0.15, 0.2) is 42.5 Å². The number of hydrogen-bond acceptors (Lipinski definition) is 4. The first kappa shape index (κ1) is 23.4. The molecule has 0 bridgehead atoms. The highest BCUT2D eigenvalue weighted by Crippen LogP contribution is 2.22. The standard InChI is InChI=1S/C24H33N3O3/c1-16-13-20(30-4)14-17(2)21(16)15-22(25)24(29)27-18(3)23(28)26-12-8-11-19-9-6-5-7-10-19/h5-7,9-10,13-14,18,22H,8,11-12,15,25H2,1-4H3,(H,26,28)(H,27,29)/t18-,22?/m1/s1. The minimum Gasteiger partial charge on any atom is -0.497 e. The summed E-state index contributed by atoms with van der Waals surface area (Å²) >= 11 is 0. The number of nitrogens with one attached hydrogen (secondary N) is 2. The Morgan fingerprint density at radius 3 is 2.30 bits per heavy atom. The molecule has 4 N–H and O–H groups in total. The minimum atomic E-state index is -0.732. The summed E-state index contributed by atoms with van der Waals surface area (Å²) in [5.41, 5.74) is 10.4. The topological polar surface area (TPSA) is 93.4 Å². The highest BCUT2D eigenvalue weighted by Gasteiger charge is 2.21. The van der Waals surface area contributed by atoms with Gasteiger partial charge >= 0.3 is 0 Å². The van der Waals surface area contributed by atoms with Gasteiger partial charge in [0, 0.05) is 6.54 Å². The minimum absolute atomic E-state index is 0.208. The van der Waals surface area contributed by atoms with Crippen LogP contribution in [0, 0.1) is 13.8 Å². The molecule has 0 aromatic heterocycles. The molecule has 1 unspecified atom stereocenters. The molecule has 0 aliphatic rings. The zero-order valence-corrected chi connectivity index (χ0v) is 18.3. The van der Waals surface area contributed by atoms with Crippen molar-refractivity contribution >= 4 is 11.8 Å². The number of benzene rings is 2. The first-order chi connectivity index (χ1) is 14.3. The van der Waals surface area contributed by atoms with Crippen molar-refractivity contribution in [3.05, 3.63) is 64.7 Å². The summed E-state index contributed by atoms with van der Waals surface area (Å²) in [5.74, 6) is 0.237. The van der Waals surface area contributed by atoms with Crippen molar-refractivity contribution in [1.82, 2.24) is 10.6 Å². The fraction of sp³-hybridized carbons (Fsp3) is 0.417. The lowest BCUT2D eigenvalue weighted by molar-refractivity contribution is -0.129. The van der Waals surface area contributed by atoms with Crippen molar-refractivity contribution in [3.63, 3.8) is 0 Å². The lowest BCUT2D eigenvalue weighted by atomic mass is 9.96. The number of amides is 2. The zero-order valence-electron chi connectivity index (χ0n) is 18.3. The molecule has 0 spiro atoms. The van der Waals surface area contributed by atoms with E-state index in [0.29, 0.717) is 13.0 Å². The van der Waals surface area contributed by atoms with Gasteiger partial charge < -0.3 is 21.1 Å². The third-order valence-electron chi connectivity index (χ3n) is 5.20.